The van der Waals surface area contributed by atoms with Gasteiger partial charge < -0.3 is 20.3 Å². The molecule has 2 N–H and O–H groups in total. The Bertz CT molecular complexity index is 754. The van der Waals surface area contributed by atoms with Gasteiger partial charge in [-0.25, -0.2) is 9.59 Å². The summed E-state index contributed by atoms with van der Waals surface area (Å²) < 4.78 is 6.58. The lowest BCUT2D eigenvalue weighted by Gasteiger charge is -2.31. The highest BCUT2D eigenvalue weighted by Crippen LogP contribution is 2.12. The van der Waals surface area contributed by atoms with Gasteiger partial charge in [-0.2, -0.15) is 5.10 Å². The molecule has 1 fully saturated rings. The van der Waals surface area contributed by atoms with E-state index >= 15 is 0 Å². The number of aromatic nitrogens is 2. The number of hydrogen-bond acceptors (Lipinski definition) is 4. The predicted molar refractivity (Wildman–Crippen MR) is 100 cm³/mol. The smallest absolute Gasteiger partial charge is 0.409 e. The Balaban J connectivity index is 1.47. The second-order valence-corrected chi connectivity index (χ2v) is 6.53. The molecule has 1 saturated heterocycles. The number of carbonyl (C=O) groups excluding carboxylic acids is 2. The number of amides is 3. The van der Waals surface area contributed by atoms with E-state index in [1.807, 2.05) is 41.2 Å². The summed E-state index contributed by atoms with van der Waals surface area (Å²) in [7, 11) is 1.38. The average Bonchev–Trinajstić information content (AvgIpc) is 3.20. The number of piperidine rings is 1. The molecule has 8 nitrogen and oxygen atoms in total. The molecule has 144 valence electrons. The highest BCUT2D eigenvalue weighted by molar-refractivity contribution is 5.74. The molecule has 3 rings (SSSR count). The quantitative estimate of drug-likeness (QED) is 0.841. The zero-order valence-corrected chi connectivity index (χ0v) is 15.4. The molecule has 0 bridgehead atoms. The molecule has 0 spiro atoms. The molecule has 2 heterocycles. The van der Waals surface area contributed by atoms with E-state index < -0.39 is 0 Å². The topological polar surface area (TPSA) is 88.5 Å². The van der Waals surface area contributed by atoms with Gasteiger partial charge in [-0.3, -0.25) is 4.68 Å². The minimum Gasteiger partial charge on any atom is -0.453 e. The maximum absolute atomic E-state index is 12.2. The molecule has 0 saturated carbocycles. The van der Waals surface area contributed by atoms with Crippen molar-refractivity contribution in [2.45, 2.75) is 32.0 Å². The van der Waals surface area contributed by atoms with Crippen molar-refractivity contribution in [1.82, 2.24) is 25.3 Å². The lowest BCUT2D eigenvalue weighted by Crippen LogP contribution is -2.49. The Morgan fingerprint density at radius 3 is 2.59 bits per heavy atom. The number of hydrogen-bond donors (Lipinski definition) is 2. The third-order valence-corrected chi connectivity index (χ3v) is 4.71. The first-order chi connectivity index (χ1) is 13.2. The van der Waals surface area contributed by atoms with Crippen molar-refractivity contribution in [3.8, 4) is 0 Å². The minimum atomic E-state index is -0.313. The zero-order chi connectivity index (χ0) is 19.1. The standard InChI is InChI=1S/C19H25N5O3/c1-27-19(26)23-11-7-17(8-12-23)22-18(25)20-13-15-5-2-3-6-16(15)14-24-10-4-9-21-24/h2-6,9-10,17H,7-8,11-14H2,1H3,(H2,20,22,25). The number of urea groups is 1. The van der Waals surface area contributed by atoms with Crippen LogP contribution in [0.25, 0.3) is 0 Å². The molecule has 0 atom stereocenters. The number of nitrogens with one attached hydrogen (secondary N) is 2. The summed E-state index contributed by atoms with van der Waals surface area (Å²) in [5, 5.41) is 10.1. The molecule has 27 heavy (non-hydrogen) atoms. The van der Waals surface area contributed by atoms with E-state index in [9.17, 15) is 9.59 Å². The van der Waals surface area contributed by atoms with Crippen molar-refractivity contribution in [2.75, 3.05) is 20.2 Å². The fourth-order valence-corrected chi connectivity index (χ4v) is 3.20. The van der Waals surface area contributed by atoms with Gasteiger partial charge in [-0.15, -0.1) is 0 Å². The molecule has 0 radical (unpaired) electrons. The van der Waals surface area contributed by atoms with Gasteiger partial charge in [-0.1, -0.05) is 24.3 Å². The van der Waals surface area contributed by atoms with Gasteiger partial charge >= 0.3 is 12.1 Å². The minimum absolute atomic E-state index is 0.0604. The Hall–Kier alpha value is -3.03. The molecule has 0 aliphatic carbocycles. The number of likely N-dealkylation sites (tertiary alicyclic amines) is 1. The number of benzene rings is 1. The Labute approximate surface area is 158 Å². The average molecular weight is 371 g/mol. The number of carbonyl (C=O) groups is 2. The van der Waals surface area contributed by atoms with E-state index in [1.165, 1.54) is 7.11 Å². The molecule has 1 aromatic heterocycles. The summed E-state index contributed by atoms with van der Waals surface area (Å²) in [6.07, 6.45) is 4.79. The van der Waals surface area contributed by atoms with Crippen molar-refractivity contribution in [2.24, 2.45) is 0 Å². The first kappa shape index (κ1) is 18.8. The fourth-order valence-electron chi connectivity index (χ4n) is 3.20. The van der Waals surface area contributed by atoms with Crippen LogP contribution in [0.4, 0.5) is 9.59 Å². The highest BCUT2D eigenvalue weighted by Gasteiger charge is 2.24. The number of nitrogens with zero attached hydrogens (tertiary/aromatic N) is 3. The second kappa shape index (κ2) is 9.07. The van der Waals surface area contributed by atoms with Crippen molar-refractivity contribution < 1.29 is 14.3 Å². The van der Waals surface area contributed by atoms with Crippen molar-refractivity contribution in [1.29, 1.82) is 0 Å². The van der Waals surface area contributed by atoms with Gasteiger partial charge in [0.15, 0.2) is 0 Å². The van der Waals surface area contributed by atoms with E-state index in [0.29, 0.717) is 26.2 Å². The molecule has 0 unspecified atom stereocenters. The summed E-state index contributed by atoms with van der Waals surface area (Å²) in [5.74, 6) is 0. The van der Waals surface area contributed by atoms with Crippen LogP contribution in [0, 0.1) is 0 Å². The first-order valence-corrected chi connectivity index (χ1v) is 9.07. The predicted octanol–water partition coefficient (Wildman–Crippen LogP) is 1.96. The SMILES string of the molecule is COC(=O)N1CCC(NC(=O)NCc2ccccc2Cn2cccn2)CC1. The van der Waals surface area contributed by atoms with Gasteiger partial charge in [0.2, 0.25) is 0 Å². The molecule has 1 aliphatic rings. The Morgan fingerprint density at radius 2 is 1.93 bits per heavy atom. The summed E-state index contributed by atoms with van der Waals surface area (Å²) in [5.41, 5.74) is 2.18. The van der Waals surface area contributed by atoms with Crippen LogP contribution in [-0.4, -0.2) is 53.0 Å². The molecule has 2 aromatic rings. The van der Waals surface area contributed by atoms with Crippen LogP contribution in [-0.2, 0) is 17.8 Å². The van der Waals surface area contributed by atoms with E-state index in [1.54, 1.807) is 11.1 Å². The van der Waals surface area contributed by atoms with Crippen molar-refractivity contribution in [3.63, 3.8) is 0 Å². The maximum atomic E-state index is 12.2. The molecular formula is C19H25N5O3. The molecule has 1 aliphatic heterocycles. The summed E-state index contributed by atoms with van der Waals surface area (Å²) >= 11 is 0. The lowest BCUT2D eigenvalue weighted by molar-refractivity contribution is 0.110. The van der Waals surface area contributed by atoms with E-state index in [4.69, 9.17) is 4.74 Å². The fraction of sp³-hybridized carbons (Fsp3) is 0.421. The number of rotatable bonds is 5. The summed E-state index contributed by atoms with van der Waals surface area (Å²) in [4.78, 5) is 25.4. The van der Waals surface area contributed by atoms with E-state index in [-0.39, 0.29) is 18.2 Å². The van der Waals surface area contributed by atoms with Gasteiger partial charge in [0.05, 0.1) is 13.7 Å². The monoisotopic (exact) mass is 371 g/mol. The Morgan fingerprint density at radius 1 is 1.19 bits per heavy atom. The summed E-state index contributed by atoms with van der Waals surface area (Å²) in [6, 6.07) is 9.75. The van der Waals surface area contributed by atoms with Crippen LogP contribution in [0.3, 0.4) is 0 Å². The second-order valence-electron chi connectivity index (χ2n) is 6.53. The van der Waals surface area contributed by atoms with Crippen molar-refractivity contribution >= 4 is 12.1 Å². The molecule has 1 aromatic carbocycles. The highest BCUT2D eigenvalue weighted by atomic mass is 16.5. The van der Waals surface area contributed by atoms with Crippen LogP contribution in [0.5, 0.6) is 0 Å². The number of methoxy groups -OCH3 is 1. The molecule has 8 heteroatoms. The number of ether oxygens (including phenoxy) is 1. The van der Waals surface area contributed by atoms with Gasteiger partial charge in [0, 0.05) is 38.1 Å². The molecule has 3 amide bonds. The van der Waals surface area contributed by atoms with E-state index in [2.05, 4.69) is 15.7 Å². The van der Waals surface area contributed by atoms with Crippen LogP contribution in [0.1, 0.15) is 24.0 Å². The first-order valence-electron chi connectivity index (χ1n) is 9.07. The van der Waals surface area contributed by atoms with Gasteiger partial charge in [-0.05, 0) is 30.0 Å². The van der Waals surface area contributed by atoms with Crippen LogP contribution < -0.4 is 10.6 Å². The third kappa shape index (κ3) is 5.22. The normalized spacial score (nSPS) is 14.6. The zero-order valence-electron chi connectivity index (χ0n) is 15.4. The van der Waals surface area contributed by atoms with Crippen LogP contribution in [0.2, 0.25) is 0 Å². The largest absolute Gasteiger partial charge is 0.453 e. The van der Waals surface area contributed by atoms with Crippen LogP contribution in [0.15, 0.2) is 42.7 Å². The lowest BCUT2D eigenvalue weighted by atomic mass is 10.1. The Kier molecular flexibility index (Phi) is 6.30. The van der Waals surface area contributed by atoms with Gasteiger partial charge in [0.25, 0.3) is 0 Å². The summed E-state index contributed by atoms with van der Waals surface area (Å²) in [6.45, 7) is 2.29. The molecular weight excluding hydrogens is 346 g/mol. The van der Waals surface area contributed by atoms with Gasteiger partial charge in [0.1, 0.15) is 0 Å². The van der Waals surface area contributed by atoms with Crippen molar-refractivity contribution in [3.05, 3.63) is 53.9 Å². The maximum Gasteiger partial charge on any atom is 0.409 e. The van der Waals surface area contributed by atoms with E-state index in [0.717, 1.165) is 24.0 Å². The third-order valence-electron chi connectivity index (χ3n) is 4.71. The van der Waals surface area contributed by atoms with Crippen LogP contribution >= 0.6 is 0 Å².